The van der Waals surface area contributed by atoms with Crippen LogP contribution in [0.1, 0.15) is 23.2 Å². The number of ether oxygens (including phenoxy) is 1. The lowest BCUT2D eigenvalue weighted by molar-refractivity contribution is -0.123. The number of rotatable bonds is 6. The van der Waals surface area contributed by atoms with E-state index in [1.165, 1.54) is 13.0 Å². The highest BCUT2D eigenvalue weighted by molar-refractivity contribution is 5.96. The number of para-hydroxylation sites is 1. The van der Waals surface area contributed by atoms with E-state index in [9.17, 15) is 9.59 Å². The van der Waals surface area contributed by atoms with E-state index >= 15 is 0 Å². The zero-order chi connectivity index (χ0) is 17.6. The average Bonchev–Trinajstić information content (AvgIpc) is 3.28. The van der Waals surface area contributed by atoms with Crippen molar-refractivity contribution in [2.24, 2.45) is 0 Å². The Balaban J connectivity index is 1.56. The second-order valence-corrected chi connectivity index (χ2v) is 5.37. The molecule has 7 heteroatoms. The summed E-state index contributed by atoms with van der Waals surface area (Å²) in [6.45, 7) is 1.91. The van der Waals surface area contributed by atoms with Gasteiger partial charge in [-0.1, -0.05) is 18.2 Å². The Hall–Kier alpha value is -3.35. The molecule has 0 bridgehead atoms. The van der Waals surface area contributed by atoms with E-state index < -0.39 is 18.0 Å². The van der Waals surface area contributed by atoms with Crippen molar-refractivity contribution in [3.8, 4) is 0 Å². The summed E-state index contributed by atoms with van der Waals surface area (Å²) in [7, 11) is 0. The Morgan fingerprint density at radius 1 is 1.20 bits per heavy atom. The van der Waals surface area contributed by atoms with Crippen molar-refractivity contribution in [1.82, 2.24) is 9.78 Å². The maximum Gasteiger partial charge on any atom is 0.375 e. The molecule has 0 fully saturated rings. The van der Waals surface area contributed by atoms with E-state index in [1.54, 1.807) is 53.5 Å². The van der Waals surface area contributed by atoms with Crippen LogP contribution in [-0.2, 0) is 16.1 Å². The molecule has 3 rings (SSSR count). The zero-order valence-corrected chi connectivity index (χ0v) is 13.6. The number of carbonyl (C=O) groups is 2. The first kappa shape index (κ1) is 16.5. The number of amides is 1. The van der Waals surface area contributed by atoms with Gasteiger partial charge < -0.3 is 14.5 Å². The third-order valence-corrected chi connectivity index (χ3v) is 3.43. The molecule has 128 valence electrons. The van der Waals surface area contributed by atoms with Gasteiger partial charge in [0.1, 0.15) is 5.76 Å². The van der Waals surface area contributed by atoms with Gasteiger partial charge in [-0.25, -0.2) is 4.79 Å². The highest BCUT2D eigenvalue weighted by Gasteiger charge is 2.21. The van der Waals surface area contributed by atoms with Crippen LogP contribution in [0.4, 0.5) is 5.69 Å². The lowest BCUT2D eigenvalue weighted by Crippen LogP contribution is -2.29. The van der Waals surface area contributed by atoms with Gasteiger partial charge >= 0.3 is 5.97 Å². The first-order chi connectivity index (χ1) is 12.1. The third-order valence-electron chi connectivity index (χ3n) is 3.43. The predicted molar refractivity (Wildman–Crippen MR) is 90.0 cm³/mol. The van der Waals surface area contributed by atoms with Crippen LogP contribution in [0, 0.1) is 0 Å². The number of esters is 1. The summed E-state index contributed by atoms with van der Waals surface area (Å²) in [5.41, 5.74) is 0.634. The fourth-order valence-electron chi connectivity index (χ4n) is 2.16. The quantitative estimate of drug-likeness (QED) is 0.698. The molecule has 0 saturated heterocycles. The number of hydrogen-bond donors (Lipinski definition) is 1. The SMILES string of the molecule is CC(OC(=O)c1ccc(Cn2cccn2)o1)C(=O)Nc1ccccc1. The molecule has 0 saturated carbocycles. The highest BCUT2D eigenvalue weighted by Crippen LogP contribution is 2.13. The van der Waals surface area contributed by atoms with Crippen molar-refractivity contribution >= 4 is 17.6 Å². The standard InChI is InChI=1S/C18H17N3O4/c1-13(17(22)20-14-6-3-2-4-7-14)24-18(23)16-9-8-15(25-16)12-21-11-5-10-19-21/h2-11,13H,12H2,1H3,(H,20,22). The zero-order valence-electron chi connectivity index (χ0n) is 13.6. The number of hydrogen-bond acceptors (Lipinski definition) is 5. The van der Waals surface area contributed by atoms with E-state index in [2.05, 4.69) is 10.4 Å². The van der Waals surface area contributed by atoms with Gasteiger partial charge in [0.25, 0.3) is 5.91 Å². The number of nitrogens with one attached hydrogen (secondary N) is 1. The van der Waals surface area contributed by atoms with Crippen molar-refractivity contribution in [1.29, 1.82) is 0 Å². The van der Waals surface area contributed by atoms with Crippen LogP contribution in [0.2, 0.25) is 0 Å². The maximum absolute atomic E-state index is 12.1. The Kier molecular flexibility index (Phi) is 4.94. The Bertz CT molecular complexity index is 840. The van der Waals surface area contributed by atoms with Crippen molar-refractivity contribution in [3.63, 3.8) is 0 Å². The van der Waals surface area contributed by atoms with Gasteiger partial charge in [0.15, 0.2) is 6.10 Å². The Morgan fingerprint density at radius 2 is 2.00 bits per heavy atom. The summed E-state index contributed by atoms with van der Waals surface area (Å²) in [5.74, 6) is -0.496. The number of furan rings is 1. The molecular weight excluding hydrogens is 322 g/mol. The fraction of sp³-hybridized carbons (Fsp3) is 0.167. The van der Waals surface area contributed by atoms with Crippen LogP contribution >= 0.6 is 0 Å². The molecule has 0 radical (unpaired) electrons. The number of benzene rings is 1. The maximum atomic E-state index is 12.1. The third kappa shape index (κ3) is 4.35. The van der Waals surface area contributed by atoms with Crippen molar-refractivity contribution in [2.45, 2.75) is 19.6 Å². The minimum Gasteiger partial charge on any atom is -0.452 e. The predicted octanol–water partition coefficient (Wildman–Crippen LogP) is 2.71. The van der Waals surface area contributed by atoms with E-state index in [0.717, 1.165) is 0 Å². The summed E-state index contributed by atoms with van der Waals surface area (Å²) < 4.78 is 12.3. The number of nitrogens with zero attached hydrogens (tertiary/aromatic N) is 2. The van der Waals surface area contributed by atoms with Crippen LogP contribution < -0.4 is 5.32 Å². The Morgan fingerprint density at radius 3 is 2.72 bits per heavy atom. The molecular formula is C18H17N3O4. The minimum absolute atomic E-state index is 0.0431. The van der Waals surface area contributed by atoms with Crippen molar-refractivity contribution in [2.75, 3.05) is 5.32 Å². The van der Waals surface area contributed by atoms with Crippen LogP contribution in [0.15, 0.2) is 65.3 Å². The fourth-order valence-corrected chi connectivity index (χ4v) is 2.16. The molecule has 0 aliphatic carbocycles. The largest absolute Gasteiger partial charge is 0.452 e. The summed E-state index contributed by atoms with van der Waals surface area (Å²) in [4.78, 5) is 24.2. The van der Waals surface area contributed by atoms with Crippen LogP contribution in [0.5, 0.6) is 0 Å². The van der Waals surface area contributed by atoms with Gasteiger partial charge in [-0.05, 0) is 37.3 Å². The molecule has 1 aromatic carbocycles. The smallest absolute Gasteiger partial charge is 0.375 e. The van der Waals surface area contributed by atoms with E-state index in [1.807, 2.05) is 6.07 Å². The summed E-state index contributed by atoms with van der Waals surface area (Å²) in [6, 6.07) is 13.9. The molecule has 1 unspecified atom stereocenters. The summed E-state index contributed by atoms with van der Waals surface area (Å²) in [5, 5.41) is 6.74. The molecule has 1 amide bonds. The molecule has 0 aliphatic heterocycles. The highest BCUT2D eigenvalue weighted by atomic mass is 16.6. The number of anilines is 1. The monoisotopic (exact) mass is 339 g/mol. The topological polar surface area (TPSA) is 86.4 Å². The summed E-state index contributed by atoms with van der Waals surface area (Å²) >= 11 is 0. The molecule has 0 aliphatic rings. The molecule has 3 aromatic rings. The molecule has 2 heterocycles. The molecule has 2 aromatic heterocycles. The normalized spacial score (nSPS) is 11.7. The second-order valence-electron chi connectivity index (χ2n) is 5.37. The van der Waals surface area contributed by atoms with Gasteiger partial charge in [-0.2, -0.15) is 5.10 Å². The van der Waals surface area contributed by atoms with Crippen LogP contribution in [0.3, 0.4) is 0 Å². The second kappa shape index (κ2) is 7.48. The summed E-state index contributed by atoms with van der Waals surface area (Å²) in [6.07, 6.45) is 2.49. The lowest BCUT2D eigenvalue weighted by atomic mass is 10.3. The van der Waals surface area contributed by atoms with Gasteiger partial charge in [0, 0.05) is 18.1 Å². The average molecular weight is 339 g/mol. The van der Waals surface area contributed by atoms with E-state index in [-0.39, 0.29) is 5.76 Å². The molecule has 1 atom stereocenters. The van der Waals surface area contributed by atoms with E-state index in [4.69, 9.17) is 9.15 Å². The lowest BCUT2D eigenvalue weighted by Gasteiger charge is -2.12. The Labute approximate surface area is 144 Å². The molecule has 0 spiro atoms. The van der Waals surface area contributed by atoms with Gasteiger partial charge in [0.2, 0.25) is 5.76 Å². The number of aromatic nitrogens is 2. The molecule has 1 N–H and O–H groups in total. The minimum atomic E-state index is -0.952. The van der Waals surface area contributed by atoms with Gasteiger partial charge in [-0.15, -0.1) is 0 Å². The van der Waals surface area contributed by atoms with Crippen molar-refractivity contribution < 1.29 is 18.7 Å². The first-order valence-corrected chi connectivity index (χ1v) is 7.75. The first-order valence-electron chi connectivity index (χ1n) is 7.75. The van der Waals surface area contributed by atoms with Crippen molar-refractivity contribution in [3.05, 3.63) is 72.4 Å². The number of carbonyl (C=O) groups excluding carboxylic acids is 2. The van der Waals surface area contributed by atoms with Crippen LogP contribution in [-0.4, -0.2) is 27.8 Å². The van der Waals surface area contributed by atoms with E-state index in [0.29, 0.717) is 18.0 Å². The van der Waals surface area contributed by atoms with Gasteiger partial charge in [-0.3, -0.25) is 9.48 Å². The van der Waals surface area contributed by atoms with Gasteiger partial charge in [0.05, 0.1) is 6.54 Å². The van der Waals surface area contributed by atoms with Crippen LogP contribution in [0.25, 0.3) is 0 Å². The molecule has 25 heavy (non-hydrogen) atoms. The molecule has 7 nitrogen and oxygen atoms in total.